The molecule has 148 valence electrons. The van der Waals surface area contributed by atoms with Crippen molar-refractivity contribution in [2.75, 3.05) is 0 Å². The summed E-state index contributed by atoms with van der Waals surface area (Å²) in [6.07, 6.45) is 3.83. The average molecular weight is 421 g/mol. The van der Waals surface area contributed by atoms with E-state index >= 15 is 0 Å². The molecule has 0 amide bonds. The average Bonchev–Trinajstić information content (AvgIpc) is 3.34. The van der Waals surface area contributed by atoms with Gasteiger partial charge in [-0.2, -0.15) is 0 Å². The first-order chi connectivity index (χ1) is 14.5. The lowest BCUT2D eigenvalue weighted by atomic mass is 10.0. The van der Waals surface area contributed by atoms with E-state index < -0.39 is 23.2 Å². The van der Waals surface area contributed by atoms with Gasteiger partial charge in [-0.25, -0.2) is 23.5 Å². The molecule has 0 saturated heterocycles. The van der Waals surface area contributed by atoms with Gasteiger partial charge in [0.2, 0.25) is 0 Å². The number of carboxylic acid groups (broad SMARTS) is 1. The highest BCUT2D eigenvalue weighted by Gasteiger charge is 2.15. The zero-order valence-electron chi connectivity index (χ0n) is 15.3. The molecule has 0 atom stereocenters. The van der Waals surface area contributed by atoms with Crippen LogP contribution in [0.3, 0.4) is 0 Å². The van der Waals surface area contributed by atoms with E-state index in [4.69, 9.17) is 5.11 Å². The van der Waals surface area contributed by atoms with Crippen molar-refractivity contribution in [2.24, 2.45) is 0 Å². The first-order valence-electron chi connectivity index (χ1n) is 9.00. The zero-order chi connectivity index (χ0) is 20.8. The molecule has 0 spiro atoms. The molecule has 0 unspecified atom stereocenters. The third-order valence-corrected chi connectivity index (χ3v) is 5.74. The Hall–Kier alpha value is -3.65. The Morgan fingerprint density at radius 3 is 2.67 bits per heavy atom. The molecule has 1 N–H and O–H groups in total. The third kappa shape index (κ3) is 3.11. The Kier molecular flexibility index (Phi) is 4.29. The summed E-state index contributed by atoms with van der Waals surface area (Å²) in [6, 6.07) is 11.0. The van der Waals surface area contributed by atoms with Crippen molar-refractivity contribution >= 4 is 33.2 Å². The number of thiazole rings is 1. The SMILES string of the molecule is O=C(O)c1ccc(-c2cc(F)c3ncc(Cc4ccc5ncsc5c4)n3c2)cc1F. The van der Waals surface area contributed by atoms with E-state index in [2.05, 4.69) is 9.97 Å². The van der Waals surface area contributed by atoms with Crippen molar-refractivity contribution in [3.05, 3.63) is 88.8 Å². The first-order valence-corrected chi connectivity index (χ1v) is 9.88. The molecule has 2 aromatic carbocycles. The van der Waals surface area contributed by atoms with E-state index in [0.717, 1.165) is 27.5 Å². The van der Waals surface area contributed by atoms with E-state index in [0.29, 0.717) is 17.5 Å². The molecule has 0 radical (unpaired) electrons. The molecule has 0 saturated carbocycles. The topological polar surface area (TPSA) is 67.5 Å². The number of aromatic carboxylic acids is 1. The number of pyridine rings is 1. The fraction of sp³-hybridized carbons (Fsp3) is 0.0455. The van der Waals surface area contributed by atoms with Crippen LogP contribution in [0, 0.1) is 11.6 Å². The fourth-order valence-electron chi connectivity index (χ4n) is 3.47. The first kappa shape index (κ1) is 18.4. The maximum absolute atomic E-state index is 14.7. The predicted molar refractivity (Wildman–Crippen MR) is 110 cm³/mol. The van der Waals surface area contributed by atoms with Gasteiger partial charge >= 0.3 is 5.97 Å². The minimum atomic E-state index is -1.35. The van der Waals surface area contributed by atoms with Crippen LogP contribution in [0.2, 0.25) is 0 Å². The summed E-state index contributed by atoms with van der Waals surface area (Å²) < 4.78 is 31.5. The van der Waals surface area contributed by atoms with Crippen LogP contribution in [-0.2, 0) is 6.42 Å². The van der Waals surface area contributed by atoms with Gasteiger partial charge in [-0.05, 0) is 41.5 Å². The lowest BCUT2D eigenvalue weighted by Crippen LogP contribution is -2.01. The summed E-state index contributed by atoms with van der Waals surface area (Å²) in [5, 5.41) is 9.00. The lowest BCUT2D eigenvalue weighted by molar-refractivity contribution is 0.0692. The molecule has 8 heteroatoms. The Bertz CT molecular complexity index is 1440. The molecule has 0 aliphatic heterocycles. The van der Waals surface area contributed by atoms with Crippen LogP contribution < -0.4 is 0 Å². The van der Waals surface area contributed by atoms with Crippen molar-refractivity contribution < 1.29 is 18.7 Å². The van der Waals surface area contributed by atoms with E-state index in [-0.39, 0.29) is 5.65 Å². The van der Waals surface area contributed by atoms with Gasteiger partial charge in [0, 0.05) is 30.1 Å². The van der Waals surface area contributed by atoms with Gasteiger partial charge in [0.1, 0.15) is 5.82 Å². The summed E-state index contributed by atoms with van der Waals surface area (Å²) in [6.45, 7) is 0. The molecular formula is C22H13F2N3O2S. The van der Waals surface area contributed by atoms with Crippen molar-refractivity contribution in [1.29, 1.82) is 0 Å². The largest absolute Gasteiger partial charge is 0.478 e. The molecule has 0 bridgehead atoms. The Labute approximate surface area is 172 Å². The van der Waals surface area contributed by atoms with Crippen LogP contribution in [-0.4, -0.2) is 25.4 Å². The monoisotopic (exact) mass is 421 g/mol. The summed E-state index contributed by atoms with van der Waals surface area (Å²) in [5.41, 5.74) is 5.09. The second-order valence-electron chi connectivity index (χ2n) is 6.85. The Morgan fingerprint density at radius 1 is 1.03 bits per heavy atom. The van der Waals surface area contributed by atoms with E-state index in [1.807, 2.05) is 18.2 Å². The van der Waals surface area contributed by atoms with Crippen LogP contribution >= 0.6 is 11.3 Å². The smallest absolute Gasteiger partial charge is 0.338 e. The van der Waals surface area contributed by atoms with Gasteiger partial charge in [0.25, 0.3) is 0 Å². The molecular weight excluding hydrogens is 408 g/mol. The number of fused-ring (bicyclic) bond motifs is 2. The predicted octanol–water partition coefficient (Wildman–Crippen LogP) is 5.18. The van der Waals surface area contributed by atoms with Crippen molar-refractivity contribution in [1.82, 2.24) is 14.4 Å². The maximum atomic E-state index is 14.7. The molecule has 3 heterocycles. The number of carboxylic acids is 1. The van der Waals surface area contributed by atoms with Crippen LogP contribution in [0.25, 0.3) is 27.0 Å². The summed E-state index contributed by atoms with van der Waals surface area (Å²) in [4.78, 5) is 19.5. The van der Waals surface area contributed by atoms with Gasteiger partial charge < -0.3 is 9.51 Å². The number of nitrogens with zero attached hydrogens (tertiary/aromatic N) is 3. The van der Waals surface area contributed by atoms with Gasteiger partial charge in [0.05, 0.1) is 21.3 Å². The van der Waals surface area contributed by atoms with Crippen molar-refractivity contribution in [2.45, 2.75) is 6.42 Å². The molecule has 0 aliphatic carbocycles. The van der Waals surface area contributed by atoms with Crippen LogP contribution in [0.15, 0.2) is 60.4 Å². The summed E-state index contributed by atoms with van der Waals surface area (Å²) in [7, 11) is 0. The van der Waals surface area contributed by atoms with Crippen molar-refractivity contribution in [3.8, 4) is 11.1 Å². The minimum Gasteiger partial charge on any atom is -0.478 e. The number of hydrogen-bond donors (Lipinski definition) is 1. The summed E-state index contributed by atoms with van der Waals surface area (Å²) >= 11 is 1.55. The maximum Gasteiger partial charge on any atom is 0.338 e. The molecule has 30 heavy (non-hydrogen) atoms. The molecule has 5 rings (SSSR count). The fourth-order valence-corrected chi connectivity index (χ4v) is 4.21. The van der Waals surface area contributed by atoms with Crippen LogP contribution in [0.1, 0.15) is 21.6 Å². The van der Waals surface area contributed by atoms with E-state index in [1.54, 1.807) is 33.6 Å². The molecule has 5 nitrogen and oxygen atoms in total. The quantitative estimate of drug-likeness (QED) is 0.434. The Balaban J connectivity index is 1.57. The lowest BCUT2D eigenvalue weighted by Gasteiger charge is -2.08. The number of aromatic nitrogens is 3. The van der Waals surface area contributed by atoms with E-state index in [9.17, 15) is 13.6 Å². The van der Waals surface area contributed by atoms with E-state index in [1.165, 1.54) is 18.2 Å². The third-order valence-electron chi connectivity index (χ3n) is 4.95. The number of hydrogen-bond acceptors (Lipinski definition) is 4. The van der Waals surface area contributed by atoms with Crippen molar-refractivity contribution in [3.63, 3.8) is 0 Å². The normalized spacial score (nSPS) is 11.4. The zero-order valence-corrected chi connectivity index (χ0v) is 16.2. The highest BCUT2D eigenvalue weighted by Crippen LogP contribution is 2.26. The molecule has 0 aliphatic rings. The number of rotatable bonds is 4. The van der Waals surface area contributed by atoms with Crippen LogP contribution in [0.5, 0.6) is 0 Å². The minimum absolute atomic E-state index is 0.176. The molecule has 5 aromatic rings. The van der Waals surface area contributed by atoms with Gasteiger partial charge in [-0.15, -0.1) is 11.3 Å². The van der Waals surface area contributed by atoms with Gasteiger partial charge in [0.15, 0.2) is 11.5 Å². The highest BCUT2D eigenvalue weighted by atomic mass is 32.1. The van der Waals surface area contributed by atoms with Gasteiger partial charge in [-0.3, -0.25) is 0 Å². The van der Waals surface area contributed by atoms with Crippen LogP contribution in [0.4, 0.5) is 8.78 Å². The second-order valence-corrected chi connectivity index (χ2v) is 7.74. The highest BCUT2D eigenvalue weighted by molar-refractivity contribution is 7.16. The summed E-state index contributed by atoms with van der Waals surface area (Å²) in [5.74, 6) is -2.76. The number of carbonyl (C=O) groups is 1. The number of benzene rings is 2. The number of imidazole rings is 1. The standard InChI is InChI=1S/C22H13F2N3O2S/c23-17-7-13(2-3-16(17)22(28)29)14-8-18(24)21-25-9-15(27(21)10-14)5-12-1-4-19-20(6-12)30-11-26-19/h1-4,6-11H,5H2,(H,28,29). The Morgan fingerprint density at radius 2 is 1.87 bits per heavy atom. The number of halogens is 2. The molecule has 0 fully saturated rings. The van der Waals surface area contributed by atoms with Gasteiger partial charge in [-0.1, -0.05) is 12.1 Å². The second kappa shape index (κ2) is 7.00. The molecule has 3 aromatic heterocycles.